The summed E-state index contributed by atoms with van der Waals surface area (Å²) in [6.07, 6.45) is 10.2. The van der Waals surface area contributed by atoms with E-state index >= 15 is 0 Å². The molecule has 1 aliphatic rings. The second-order valence-electron chi connectivity index (χ2n) is 3.79. The first-order valence-corrected chi connectivity index (χ1v) is 5.25. The van der Waals surface area contributed by atoms with Crippen LogP contribution >= 0.6 is 0 Å². The third kappa shape index (κ3) is 3.91. The zero-order valence-electron chi connectivity index (χ0n) is 8.02. The molecule has 1 fully saturated rings. The highest BCUT2D eigenvalue weighted by molar-refractivity contribution is 4.70. The predicted octanol–water partition coefficient (Wildman–Crippen LogP) is 2.73. The first-order chi connectivity index (χ1) is 5.93. The number of unbranched alkanes of at least 4 members (excludes halogenated alkanes) is 1. The summed E-state index contributed by atoms with van der Waals surface area (Å²) >= 11 is 0. The number of hydrogen-bond acceptors (Lipinski definition) is 1. The molecule has 0 bridgehead atoms. The maximum atomic E-state index is 3.71. The summed E-state index contributed by atoms with van der Waals surface area (Å²) in [7, 11) is 0. The normalized spacial score (nSPS) is 18.3. The van der Waals surface area contributed by atoms with Gasteiger partial charge in [-0.2, -0.15) is 0 Å². The number of hydrogen-bond donors (Lipinski definition) is 1. The van der Waals surface area contributed by atoms with Gasteiger partial charge >= 0.3 is 0 Å². The molecule has 0 aromatic rings. The molecule has 1 N–H and O–H groups in total. The molecule has 0 amide bonds. The van der Waals surface area contributed by atoms with Gasteiger partial charge in [0.05, 0.1) is 0 Å². The fourth-order valence-corrected chi connectivity index (χ4v) is 1.89. The third-order valence-electron chi connectivity index (χ3n) is 2.67. The lowest BCUT2D eigenvalue weighted by Gasteiger charge is -2.09. The Kier molecular flexibility index (Phi) is 5.09. The lowest BCUT2D eigenvalue weighted by molar-refractivity contribution is 0.486. The van der Waals surface area contributed by atoms with Gasteiger partial charge in [-0.25, -0.2) is 0 Å². The fraction of sp³-hybridized carbons (Fsp3) is 0.818. The Morgan fingerprint density at radius 1 is 1.33 bits per heavy atom. The molecule has 1 rings (SSSR count). The van der Waals surface area contributed by atoms with Crippen LogP contribution in [-0.4, -0.2) is 13.1 Å². The van der Waals surface area contributed by atoms with Gasteiger partial charge in [-0.1, -0.05) is 18.9 Å². The number of rotatable bonds is 6. The highest BCUT2D eigenvalue weighted by atomic mass is 14.9. The molecule has 0 spiro atoms. The van der Waals surface area contributed by atoms with Gasteiger partial charge in [0.1, 0.15) is 0 Å². The van der Waals surface area contributed by atoms with E-state index in [9.17, 15) is 0 Å². The maximum Gasteiger partial charge on any atom is -0.00205 e. The van der Waals surface area contributed by atoms with Crippen LogP contribution in [0.15, 0.2) is 12.7 Å². The molecular formula is C11H21N. The minimum absolute atomic E-state index is 0.980. The van der Waals surface area contributed by atoms with Gasteiger partial charge in [0.25, 0.3) is 0 Å². The SMILES string of the molecule is C=CCCCNCC1CCCC1. The average molecular weight is 167 g/mol. The van der Waals surface area contributed by atoms with E-state index in [0.717, 1.165) is 12.3 Å². The van der Waals surface area contributed by atoms with E-state index in [2.05, 4.69) is 11.9 Å². The number of nitrogens with one attached hydrogen (secondary N) is 1. The largest absolute Gasteiger partial charge is 0.316 e. The average Bonchev–Trinajstić information content (AvgIpc) is 2.57. The summed E-state index contributed by atoms with van der Waals surface area (Å²) in [5.74, 6) is 0.980. The molecule has 0 aromatic heterocycles. The molecule has 0 heterocycles. The maximum absolute atomic E-state index is 3.71. The second kappa shape index (κ2) is 6.24. The molecule has 12 heavy (non-hydrogen) atoms. The van der Waals surface area contributed by atoms with Gasteiger partial charge in [0, 0.05) is 0 Å². The molecule has 70 valence electrons. The van der Waals surface area contributed by atoms with Crippen molar-refractivity contribution in [2.24, 2.45) is 5.92 Å². The van der Waals surface area contributed by atoms with Crippen LogP contribution in [0.25, 0.3) is 0 Å². The van der Waals surface area contributed by atoms with Gasteiger partial charge in [0.2, 0.25) is 0 Å². The van der Waals surface area contributed by atoms with Crippen molar-refractivity contribution in [2.75, 3.05) is 13.1 Å². The summed E-state index contributed by atoms with van der Waals surface area (Å²) in [6, 6.07) is 0. The summed E-state index contributed by atoms with van der Waals surface area (Å²) in [5.41, 5.74) is 0. The van der Waals surface area contributed by atoms with Crippen molar-refractivity contribution >= 4 is 0 Å². The van der Waals surface area contributed by atoms with Crippen LogP contribution in [0.1, 0.15) is 38.5 Å². The highest BCUT2D eigenvalue weighted by Gasteiger charge is 2.13. The minimum atomic E-state index is 0.980. The Morgan fingerprint density at radius 3 is 2.75 bits per heavy atom. The zero-order chi connectivity index (χ0) is 8.65. The van der Waals surface area contributed by atoms with Crippen molar-refractivity contribution in [3.8, 4) is 0 Å². The van der Waals surface area contributed by atoms with Gasteiger partial charge in [-0.05, 0) is 44.7 Å². The van der Waals surface area contributed by atoms with Crippen LogP contribution in [0.2, 0.25) is 0 Å². The first-order valence-electron chi connectivity index (χ1n) is 5.25. The van der Waals surface area contributed by atoms with Crippen molar-refractivity contribution in [3.05, 3.63) is 12.7 Å². The van der Waals surface area contributed by atoms with E-state index < -0.39 is 0 Å². The van der Waals surface area contributed by atoms with E-state index in [1.807, 2.05) is 6.08 Å². The third-order valence-corrected chi connectivity index (χ3v) is 2.67. The van der Waals surface area contributed by atoms with Crippen molar-refractivity contribution in [1.82, 2.24) is 5.32 Å². The molecule has 0 aromatic carbocycles. The van der Waals surface area contributed by atoms with Crippen LogP contribution in [0.4, 0.5) is 0 Å². The van der Waals surface area contributed by atoms with Gasteiger partial charge in [-0.3, -0.25) is 0 Å². The van der Waals surface area contributed by atoms with Crippen molar-refractivity contribution < 1.29 is 0 Å². The van der Waals surface area contributed by atoms with Crippen LogP contribution in [0.5, 0.6) is 0 Å². The smallest absolute Gasteiger partial charge is 0.00205 e. The highest BCUT2D eigenvalue weighted by Crippen LogP contribution is 2.23. The van der Waals surface area contributed by atoms with Crippen molar-refractivity contribution in [1.29, 1.82) is 0 Å². The molecule has 0 unspecified atom stereocenters. The Bertz CT molecular complexity index is 114. The molecule has 0 saturated heterocycles. The van der Waals surface area contributed by atoms with E-state index in [1.165, 1.54) is 45.2 Å². The Balaban J connectivity index is 1.84. The molecule has 0 radical (unpaired) electrons. The van der Waals surface area contributed by atoms with Crippen LogP contribution < -0.4 is 5.32 Å². The van der Waals surface area contributed by atoms with Gasteiger partial charge in [-0.15, -0.1) is 6.58 Å². The fourth-order valence-electron chi connectivity index (χ4n) is 1.89. The molecule has 1 saturated carbocycles. The van der Waals surface area contributed by atoms with Gasteiger partial charge in [0.15, 0.2) is 0 Å². The van der Waals surface area contributed by atoms with Crippen molar-refractivity contribution in [3.63, 3.8) is 0 Å². The lowest BCUT2D eigenvalue weighted by atomic mass is 10.1. The first kappa shape index (κ1) is 9.79. The summed E-state index contributed by atoms with van der Waals surface area (Å²) in [6.45, 7) is 6.12. The zero-order valence-corrected chi connectivity index (χ0v) is 8.02. The topological polar surface area (TPSA) is 12.0 Å². The Labute approximate surface area is 76.2 Å². The molecule has 0 atom stereocenters. The quantitative estimate of drug-likeness (QED) is 0.474. The van der Waals surface area contributed by atoms with Crippen LogP contribution in [0.3, 0.4) is 0 Å². The monoisotopic (exact) mass is 167 g/mol. The van der Waals surface area contributed by atoms with E-state index in [4.69, 9.17) is 0 Å². The van der Waals surface area contributed by atoms with Gasteiger partial charge < -0.3 is 5.32 Å². The molecule has 1 nitrogen and oxygen atoms in total. The summed E-state index contributed by atoms with van der Waals surface area (Å²) in [4.78, 5) is 0. The van der Waals surface area contributed by atoms with E-state index in [-0.39, 0.29) is 0 Å². The lowest BCUT2D eigenvalue weighted by Crippen LogP contribution is -2.22. The second-order valence-corrected chi connectivity index (χ2v) is 3.79. The van der Waals surface area contributed by atoms with E-state index in [0.29, 0.717) is 0 Å². The Hall–Kier alpha value is -0.300. The molecule has 1 heteroatoms. The predicted molar refractivity (Wildman–Crippen MR) is 54.3 cm³/mol. The minimum Gasteiger partial charge on any atom is -0.316 e. The van der Waals surface area contributed by atoms with Crippen LogP contribution in [-0.2, 0) is 0 Å². The molecule has 1 aliphatic carbocycles. The van der Waals surface area contributed by atoms with E-state index in [1.54, 1.807) is 0 Å². The molecule has 0 aliphatic heterocycles. The Morgan fingerprint density at radius 2 is 2.08 bits per heavy atom. The standard InChI is InChI=1S/C11H21N/c1-2-3-6-9-12-10-11-7-4-5-8-11/h2,11-12H,1,3-10H2. The summed E-state index contributed by atoms with van der Waals surface area (Å²) < 4.78 is 0. The molecular weight excluding hydrogens is 146 g/mol. The number of allylic oxidation sites excluding steroid dienone is 1. The summed E-state index contributed by atoms with van der Waals surface area (Å²) in [5, 5.41) is 3.51. The van der Waals surface area contributed by atoms with Crippen molar-refractivity contribution in [2.45, 2.75) is 38.5 Å². The van der Waals surface area contributed by atoms with Crippen LogP contribution in [0, 0.1) is 5.92 Å².